The predicted molar refractivity (Wildman–Crippen MR) is 112 cm³/mol. The van der Waals surface area contributed by atoms with Crippen molar-refractivity contribution in [3.63, 3.8) is 0 Å². The minimum Gasteiger partial charge on any atom is -0.496 e. The lowest BCUT2D eigenvalue weighted by Crippen LogP contribution is -2.39. The molecular formula is C22H19FN2O4S. The van der Waals surface area contributed by atoms with Gasteiger partial charge in [-0.3, -0.25) is 9.59 Å². The van der Waals surface area contributed by atoms with Crippen LogP contribution in [0.4, 0.5) is 10.1 Å². The van der Waals surface area contributed by atoms with Gasteiger partial charge in [0.2, 0.25) is 5.91 Å². The van der Waals surface area contributed by atoms with Crippen LogP contribution in [0.3, 0.4) is 0 Å². The lowest BCUT2D eigenvalue weighted by molar-refractivity contribution is -0.117. The fourth-order valence-electron chi connectivity index (χ4n) is 3.63. The van der Waals surface area contributed by atoms with Crippen molar-refractivity contribution in [3.8, 4) is 11.5 Å². The SMILES string of the molecule is COc1cccc(OC)c1C(=O)N1CC(=O)Nc2ccc(F)cc2C1c1cccs1. The highest BCUT2D eigenvalue weighted by molar-refractivity contribution is 7.10. The van der Waals surface area contributed by atoms with Crippen molar-refractivity contribution in [1.82, 2.24) is 4.90 Å². The Balaban J connectivity index is 1.91. The fourth-order valence-corrected chi connectivity index (χ4v) is 4.48. The topological polar surface area (TPSA) is 67.9 Å². The van der Waals surface area contributed by atoms with Crippen molar-refractivity contribution < 1.29 is 23.5 Å². The summed E-state index contributed by atoms with van der Waals surface area (Å²) in [6.45, 7) is -0.209. The Kier molecular flexibility index (Phi) is 5.41. The smallest absolute Gasteiger partial charge is 0.262 e. The third-order valence-electron chi connectivity index (χ3n) is 4.92. The number of carbonyl (C=O) groups excluding carboxylic acids is 2. The van der Waals surface area contributed by atoms with E-state index in [-0.39, 0.29) is 18.0 Å². The van der Waals surface area contributed by atoms with Crippen molar-refractivity contribution in [3.05, 3.63) is 75.7 Å². The average Bonchev–Trinajstić information content (AvgIpc) is 3.23. The Labute approximate surface area is 176 Å². The standard InChI is InChI=1S/C22H19FN2O4S/c1-28-16-5-3-6-17(29-2)20(16)22(27)25-12-19(26)24-15-9-8-13(23)11-14(15)21(25)18-7-4-10-30-18/h3-11,21H,12H2,1-2H3,(H,24,26). The first kappa shape index (κ1) is 19.9. The van der Waals surface area contributed by atoms with Crippen molar-refractivity contribution in [1.29, 1.82) is 0 Å². The van der Waals surface area contributed by atoms with Crippen LogP contribution in [0.1, 0.15) is 26.8 Å². The number of halogens is 1. The summed E-state index contributed by atoms with van der Waals surface area (Å²) in [5.74, 6) is -0.616. The number of methoxy groups -OCH3 is 2. The highest BCUT2D eigenvalue weighted by Gasteiger charge is 2.36. The lowest BCUT2D eigenvalue weighted by Gasteiger charge is -2.30. The normalized spacial score (nSPS) is 15.8. The summed E-state index contributed by atoms with van der Waals surface area (Å²) in [7, 11) is 2.92. The quantitative estimate of drug-likeness (QED) is 0.682. The highest BCUT2D eigenvalue weighted by Crippen LogP contribution is 2.40. The van der Waals surface area contributed by atoms with Gasteiger partial charge in [0.25, 0.3) is 5.91 Å². The maximum Gasteiger partial charge on any atom is 0.262 e. The van der Waals surface area contributed by atoms with Crippen LogP contribution in [0.15, 0.2) is 53.9 Å². The molecule has 8 heteroatoms. The van der Waals surface area contributed by atoms with Gasteiger partial charge in [0.05, 0.1) is 20.3 Å². The number of fused-ring (bicyclic) bond motifs is 1. The van der Waals surface area contributed by atoms with Crippen molar-refractivity contribution in [2.75, 3.05) is 26.1 Å². The van der Waals surface area contributed by atoms with Gasteiger partial charge in [-0.2, -0.15) is 0 Å². The molecule has 1 unspecified atom stereocenters. The van der Waals surface area contributed by atoms with Gasteiger partial charge in [-0.25, -0.2) is 4.39 Å². The van der Waals surface area contributed by atoms with E-state index in [1.807, 2.05) is 17.5 Å². The maximum atomic E-state index is 14.2. The van der Waals surface area contributed by atoms with Crippen LogP contribution in [-0.4, -0.2) is 37.5 Å². The summed E-state index contributed by atoms with van der Waals surface area (Å²) in [5, 5.41) is 4.65. The number of hydrogen-bond donors (Lipinski definition) is 1. The molecule has 1 N–H and O–H groups in total. The molecule has 2 aromatic carbocycles. The Morgan fingerprint density at radius 2 is 1.87 bits per heavy atom. The third-order valence-corrected chi connectivity index (χ3v) is 5.85. The van der Waals surface area contributed by atoms with E-state index in [2.05, 4.69) is 5.32 Å². The molecule has 6 nitrogen and oxygen atoms in total. The Morgan fingerprint density at radius 3 is 2.50 bits per heavy atom. The molecule has 0 saturated heterocycles. The van der Waals surface area contributed by atoms with E-state index < -0.39 is 17.8 Å². The molecule has 154 valence electrons. The van der Waals surface area contributed by atoms with E-state index in [4.69, 9.17) is 9.47 Å². The molecule has 30 heavy (non-hydrogen) atoms. The van der Waals surface area contributed by atoms with Crippen molar-refractivity contribution in [2.45, 2.75) is 6.04 Å². The summed E-state index contributed by atoms with van der Waals surface area (Å²) >= 11 is 1.43. The van der Waals surface area contributed by atoms with Gasteiger partial charge in [0.15, 0.2) is 0 Å². The molecule has 3 aromatic rings. The molecule has 2 heterocycles. The van der Waals surface area contributed by atoms with Gasteiger partial charge in [0.1, 0.15) is 29.4 Å². The Hall–Kier alpha value is -3.39. The van der Waals surface area contributed by atoms with Gasteiger partial charge < -0.3 is 19.7 Å². The third kappa shape index (κ3) is 3.50. The summed E-state index contributed by atoms with van der Waals surface area (Å²) in [6.07, 6.45) is 0. The van der Waals surface area contributed by atoms with Crippen LogP contribution in [-0.2, 0) is 4.79 Å². The van der Waals surface area contributed by atoms with Crippen molar-refractivity contribution >= 4 is 28.8 Å². The molecule has 1 aromatic heterocycles. The van der Waals surface area contributed by atoms with Gasteiger partial charge in [-0.1, -0.05) is 12.1 Å². The van der Waals surface area contributed by atoms with E-state index in [0.717, 1.165) is 4.88 Å². The largest absolute Gasteiger partial charge is 0.496 e. The number of hydrogen-bond acceptors (Lipinski definition) is 5. The van der Waals surface area contributed by atoms with Crippen LogP contribution in [0.5, 0.6) is 11.5 Å². The second-order valence-corrected chi connectivity index (χ2v) is 7.65. The van der Waals surface area contributed by atoms with E-state index >= 15 is 0 Å². The number of amides is 2. The molecule has 1 aliphatic heterocycles. The lowest BCUT2D eigenvalue weighted by atomic mass is 10.0. The van der Waals surface area contributed by atoms with Crippen LogP contribution in [0, 0.1) is 5.82 Å². The number of benzene rings is 2. The molecule has 1 aliphatic rings. The van der Waals surface area contributed by atoms with Gasteiger partial charge >= 0.3 is 0 Å². The van der Waals surface area contributed by atoms with E-state index in [9.17, 15) is 14.0 Å². The minimum absolute atomic E-state index is 0.205. The highest BCUT2D eigenvalue weighted by atomic mass is 32.1. The average molecular weight is 426 g/mol. The first-order chi connectivity index (χ1) is 14.5. The second-order valence-electron chi connectivity index (χ2n) is 6.67. The number of rotatable bonds is 4. The van der Waals surface area contributed by atoms with Crippen molar-refractivity contribution in [2.24, 2.45) is 0 Å². The Bertz CT molecular complexity index is 1080. The van der Waals surface area contributed by atoms with Crippen LogP contribution >= 0.6 is 11.3 Å². The zero-order chi connectivity index (χ0) is 21.3. The fraction of sp³-hybridized carbons (Fsp3) is 0.182. The first-order valence-electron chi connectivity index (χ1n) is 9.18. The monoisotopic (exact) mass is 426 g/mol. The van der Waals surface area contributed by atoms with Gasteiger partial charge in [-0.15, -0.1) is 11.3 Å². The molecular weight excluding hydrogens is 407 g/mol. The molecule has 0 radical (unpaired) electrons. The summed E-state index contributed by atoms with van der Waals surface area (Å²) in [5.41, 5.74) is 1.18. The number of thiophene rings is 1. The number of nitrogens with zero attached hydrogens (tertiary/aromatic N) is 1. The summed E-state index contributed by atoms with van der Waals surface area (Å²) in [6, 6.07) is 12.2. The van der Waals surface area contributed by atoms with Crippen LogP contribution in [0.25, 0.3) is 0 Å². The number of anilines is 1. The molecule has 0 saturated carbocycles. The zero-order valence-electron chi connectivity index (χ0n) is 16.3. The number of carbonyl (C=O) groups is 2. The second kappa shape index (κ2) is 8.16. The van der Waals surface area contributed by atoms with Gasteiger partial charge in [-0.05, 0) is 41.8 Å². The number of ether oxygens (including phenoxy) is 2. The van der Waals surface area contributed by atoms with Crippen LogP contribution < -0.4 is 14.8 Å². The van der Waals surface area contributed by atoms with Crippen LogP contribution in [0.2, 0.25) is 0 Å². The van der Waals surface area contributed by atoms with Gasteiger partial charge in [0, 0.05) is 16.1 Å². The molecule has 0 fully saturated rings. The predicted octanol–water partition coefficient (Wildman–Crippen LogP) is 4.09. The van der Waals surface area contributed by atoms with E-state index in [1.165, 1.54) is 48.7 Å². The first-order valence-corrected chi connectivity index (χ1v) is 10.1. The maximum absolute atomic E-state index is 14.2. The van der Waals surface area contributed by atoms with E-state index in [1.54, 1.807) is 18.2 Å². The zero-order valence-corrected chi connectivity index (χ0v) is 17.2. The minimum atomic E-state index is -0.656. The molecule has 2 amide bonds. The molecule has 0 spiro atoms. The molecule has 1 atom stereocenters. The number of nitrogens with one attached hydrogen (secondary N) is 1. The molecule has 0 bridgehead atoms. The summed E-state index contributed by atoms with van der Waals surface area (Å²) in [4.78, 5) is 28.6. The molecule has 4 rings (SSSR count). The summed E-state index contributed by atoms with van der Waals surface area (Å²) < 4.78 is 24.9. The van der Waals surface area contributed by atoms with E-state index in [0.29, 0.717) is 22.7 Å². The Morgan fingerprint density at radius 1 is 1.13 bits per heavy atom. The molecule has 0 aliphatic carbocycles.